The highest BCUT2D eigenvalue weighted by atomic mass is 16.2. The van der Waals surface area contributed by atoms with Crippen molar-refractivity contribution in [2.24, 2.45) is 0 Å². The third-order valence-corrected chi connectivity index (χ3v) is 3.49. The number of hydrogen-bond acceptors (Lipinski definition) is 2. The molecule has 0 saturated carbocycles. The molecule has 120 valence electrons. The normalized spacial score (nSPS) is 10.1. The number of aryl methyl sites for hydroxylation is 2. The van der Waals surface area contributed by atoms with Gasteiger partial charge in [-0.05, 0) is 37.5 Å². The molecule has 0 aliphatic carbocycles. The van der Waals surface area contributed by atoms with E-state index >= 15 is 0 Å². The number of amides is 2. The highest BCUT2D eigenvalue weighted by Gasteiger charge is 2.06. The fourth-order valence-corrected chi connectivity index (χ4v) is 2.20. The topological polar surface area (TPSA) is 58.2 Å². The summed E-state index contributed by atoms with van der Waals surface area (Å²) in [5, 5.41) is 5.38. The minimum absolute atomic E-state index is 0.00173. The maximum Gasteiger partial charge on any atom is 0.243 e. The van der Waals surface area contributed by atoms with Gasteiger partial charge in [-0.1, -0.05) is 48.0 Å². The molecule has 0 saturated heterocycles. The smallest absolute Gasteiger partial charge is 0.243 e. The first-order valence-electron chi connectivity index (χ1n) is 7.80. The fraction of sp³-hybridized carbons (Fsp3) is 0.263. The minimum Gasteiger partial charge on any atom is -0.347 e. The van der Waals surface area contributed by atoms with Gasteiger partial charge in [-0.2, -0.15) is 0 Å². The second kappa shape index (κ2) is 8.73. The Labute approximate surface area is 136 Å². The highest BCUT2D eigenvalue weighted by Crippen LogP contribution is 2.07. The van der Waals surface area contributed by atoms with Gasteiger partial charge in [-0.3, -0.25) is 9.59 Å². The van der Waals surface area contributed by atoms with E-state index in [9.17, 15) is 9.59 Å². The maximum atomic E-state index is 11.8. The molecule has 2 aromatic rings. The zero-order chi connectivity index (χ0) is 16.5. The van der Waals surface area contributed by atoms with Crippen LogP contribution >= 0.6 is 0 Å². The SMILES string of the molecule is Cc1ccc(CCCC(=O)NCC(=O)Nc2ccccc2)cc1. The van der Waals surface area contributed by atoms with Crippen LogP contribution in [0.15, 0.2) is 54.6 Å². The average molecular weight is 310 g/mol. The predicted octanol–water partition coefficient (Wildman–Crippen LogP) is 3.07. The lowest BCUT2D eigenvalue weighted by Gasteiger charge is -2.07. The number of benzene rings is 2. The number of carbonyl (C=O) groups excluding carboxylic acids is 2. The van der Waals surface area contributed by atoms with Gasteiger partial charge in [0.2, 0.25) is 11.8 Å². The van der Waals surface area contributed by atoms with Crippen LogP contribution < -0.4 is 10.6 Å². The lowest BCUT2D eigenvalue weighted by molar-refractivity contribution is -0.124. The van der Waals surface area contributed by atoms with Crippen molar-refractivity contribution in [3.8, 4) is 0 Å². The molecule has 0 unspecified atom stereocenters. The second-order valence-corrected chi connectivity index (χ2v) is 5.53. The van der Waals surface area contributed by atoms with E-state index in [1.807, 2.05) is 18.2 Å². The van der Waals surface area contributed by atoms with Crippen molar-refractivity contribution in [1.29, 1.82) is 0 Å². The van der Waals surface area contributed by atoms with E-state index < -0.39 is 0 Å². The van der Waals surface area contributed by atoms with Crippen LogP contribution in [-0.2, 0) is 16.0 Å². The first kappa shape index (κ1) is 16.7. The number of anilines is 1. The number of para-hydroxylation sites is 1. The average Bonchev–Trinajstić information content (AvgIpc) is 2.56. The standard InChI is InChI=1S/C19H22N2O2/c1-15-10-12-16(13-11-15)6-5-9-18(22)20-14-19(23)21-17-7-3-2-4-8-17/h2-4,7-8,10-13H,5-6,9,14H2,1H3,(H,20,22)(H,21,23). The molecule has 0 aromatic heterocycles. The van der Waals surface area contributed by atoms with Crippen molar-refractivity contribution in [1.82, 2.24) is 5.32 Å². The van der Waals surface area contributed by atoms with Gasteiger partial charge in [0.1, 0.15) is 0 Å². The molecule has 0 fully saturated rings. The number of rotatable bonds is 7. The van der Waals surface area contributed by atoms with Crippen LogP contribution in [0.4, 0.5) is 5.69 Å². The summed E-state index contributed by atoms with van der Waals surface area (Å²) in [6.07, 6.45) is 2.06. The third-order valence-electron chi connectivity index (χ3n) is 3.49. The summed E-state index contributed by atoms with van der Waals surface area (Å²) in [5.74, 6) is -0.316. The Hall–Kier alpha value is -2.62. The van der Waals surface area contributed by atoms with Gasteiger partial charge in [0.05, 0.1) is 6.54 Å². The Bertz CT molecular complexity index is 636. The lowest BCUT2D eigenvalue weighted by Crippen LogP contribution is -2.32. The molecule has 0 radical (unpaired) electrons. The Morgan fingerprint density at radius 1 is 0.913 bits per heavy atom. The van der Waals surface area contributed by atoms with Crippen molar-refractivity contribution < 1.29 is 9.59 Å². The zero-order valence-electron chi connectivity index (χ0n) is 13.3. The molecule has 4 heteroatoms. The minimum atomic E-state index is -0.219. The summed E-state index contributed by atoms with van der Waals surface area (Å²) in [5.41, 5.74) is 3.19. The van der Waals surface area contributed by atoms with E-state index in [1.54, 1.807) is 12.1 Å². The molecule has 0 atom stereocenters. The maximum absolute atomic E-state index is 11.8. The molecule has 23 heavy (non-hydrogen) atoms. The van der Waals surface area contributed by atoms with Crippen molar-refractivity contribution in [2.75, 3.05) is 11.9 Å². The van der Waals surface area contributed by atoms with Crippen LogP contribution in [0.5, 0.6) is 0 Å². The van der Waals surface area contributed by atoms with Gasteiger partial charge >= 0.3 is 0 Å². The van der Waals surface area contributed by atoms with Crippen LogP contribution in [-0.4, -0.2) is 18.4 Å². The van der Waals surface area contributed by atoms with E-state index in [0.717, 1.165) is 18.5 Å². The van der Waals surface area contributed by atoms with Crippen molar-refractivity contribution >= 4 is 17.5 Å². The van der Waals surface area contributed by atoms with Crippen LogP contribution in [0.25, 0.3) is 0 Å². The van der Waals surface area contributed by atoms with E-state index in [4.69, 9.17) is 0 Å². The van der Waals surface area contributed by atoms with Crippen LogP contribution in [0.1, 0.15) is 24.0 Å². The number of nitrogens with one attached hydrogen (secondary N) is 2. The van der Waals surface area contributed by atoms with Crippen LogP contribution in [0, 0.1) is 6.92 Å². The molecule has 0 heterocycles. The molecule has 2 N–H and O–H groups in total. The first-order chi connectivity index (χ1) is 11.1. The van der Waals surface area contributed by atoms with Gasteiger partial charge in [0.15, 0.2) is 0 Å². The van der Waals surface area contributed by atoms with Gasteiger partial charge in [-0.15, -0.1) is 0 Å². The van der Waals surface area contributed by atoms with E-state index in [1.165, 1.54) is 11.1 Å². The van der Waals surface area contributed by atoms with E-state index in [2.05, 4.69) is 41.8 Å². The van der Waals surface area contributed by atoms with Crippen molar-refractivity contribution in [3.05, 3.63) is 65.7 Å². The van der Waals surface area contributed by atoms with Crippen LogP contribution in [0.2, 0.25) is 0 Å². The molecular formula is C19H22N2O2. The van der Waals surface area contributed by atoms with Crippen LogP contribution in [0.3, 0.4) is 0 Å². The number of hydrogen-bond donors (Lipinski definition) is 2. The third kappa shape index (κ3) is 6.34. The zero-order valence-corrected chi connectivity index (χ0v) is 13.3. The summed E-state index contributed by atoms with van der Waals surface area (Å²) in [6, 6.07) is 17.5. The lowest BCUT2D eigenvalue weighted by atomic mass is 10.1. The van der Waals surface area contributed by atoms with Crippen molar-refractivity contribution in [3.63, 3.8) is 0 Å². The quantitative estimate of drug-likeness (QED) is 0.825. The molecule has 0 spiro atoms. The van der Waals surface area contributed by atoms with Gasteiger partial charge in [0, 0.05) is 12.1 Å². The molecule has 2 aromatic carbocycles. The monoisotopic (exact) mass is 310 g/mol. The Morgan fingerprint density at radius 2 is 1.61 bits per heavy atom. The van der Waals surface area contributed by atoms with Crippen molar-refractivity contribution in [2.45, 2.75) is 26.2 Å². The largest absolute Gasteiger partial charge is 0.347 e. The van der Waals surface area contributed by atoms with Gasteiger partial charge in [-0.25, -0.2) is 0 Å². The molecule has 0 aliphatic rings. The first-order valence-corrected chi connectivity index (χ1v) is 7.80. The van der Waals surface area contributed by atoms with Gasteiger partial charge in [0.25, 0.3) is 0 Å². The highest BCUT2D eigenvalue weighted by molar-refractivity contribution is 5.94. The van der Waals surface area contributed by atoms with E-state index in [-0.39, 0.29) is 18.4 Å². The second-order valence-electron chi connectivity index (χ2n) is 5.53. The Morgan fingerprint density at radius 3 is 2.30 bits per heavy atom. The fourth-order valence-electron chi connectivity index (χ4n) is 2.20. The summed E-state index contributed by atoms with van der Waals surface area (Å²) in [6.45, 7) is 2.05. The predicted molar refractivity (Wildman–Crippen MR) is 92.2 cm³/mol. The summed E-state index contributed by atoms with van der Waals surface area (Å²) in [7, 11) is 0. The molecule has 2 amide bonds. The molecule has 0 bridgehead atoms. The summed E-state index contributed by atoms with van der Waals surface area (Å²) >= 11 is 0. The molecule has 2 rings (SSSR count). The molecule has 0 aliphatic heterocycles. The summed E-state index contributed by atoms with van der Waals surface area (Å²) in [4.78, 5) is 23.5. The molecular weight excluding hydrogens is 288 g/mol. The Balaban J connectivity index is 1.63. The summed E-state index contributed by atoms with van der Waals surface area (Å²) < 4.78 is 0. The van der Waals surface area contributed by atoms with Gasteiger partial charge < -0.3 is 10.6 Å². The van der Waals surface area contributed by atoms with E-state index in [0.29, 0.717) is 6.42 Å². The molecule has 4 nitrogen and oxygen atoms in total. The Kier molecular flexibility index (Phi) is 6.36. The number of carbonyl (C=O) groups is 2.